The van der Waals surface area contributed by atoms with Gasteiger partial charge in [-0.3, -0.25) is 14.6 Å². The Morgan fingerprint density at radius 3 is 2.73 bits per heavy atom. The molecule has 10 heteroatoms. The summed E-state index contributed by atoms with van der Waals surface area (Å²) < 4.78 is 14.2. The second-order valence-electron chi connectivity index (χ2n) is 9.55. The number of hydrogen-bond donors (Lipinski definition) is 2. The summed E-state index contributed by atoms with van der Waals surface area (Å²) in [6, 6.07) is 2.87. The smallest absolute Gasteiger partial charge is 0.274 e. The fraction of sp³-hybridized carbons (Fsp3) is 0.435. The van der Waals surface area contributed by atoms with Crippen molar-refractivity contribution in [1.29, 1.82) is 0 Å². The third-order valence-electron chi connectivity index (χ3n) is 5.30. The van der Waals surface area contributed by atoms with E-state index in [1.165, 1.54) is 17.4 Å². The van der Waals surface area contributed by atoms with Crippen LogP contribution in [-0.4, -0.2) is 50.8 Å². The summed E-state index contributed by atoms with van der Waals surface area (Å²) in [6.45, 7) is 8.78. The molecule has 1 fully saturated rings. The van der Waals surface area contributed by atoms with Crippen molar-refractivity contribution in [3.63, 3.8) is 0 Å². The fourth-order valence-corrected chi connectivity index (χ4v) is 4.47. The highest BCUT2D eigenvalue weighted by Crippen LogP contribution is 2.27. The SMILES string of the molecule is C[C@H](Nc1nc(C(=O)N2CC(NC(=O)CC(C)(C)C)C2)c2sccc2n1)c1cncc(F)c1. The lowest BCUT2D eigenvalue weighted by Gasteiger charge is -2.39. The Morgan fingerprint density at radius 1 is 1.27 bits per heavy atom. The lowest BCUT2D eigenvalue weighted by Crippen LogP contribution is -2.61. The number of anilines is 1. The summed E-state index contributed by atoms with van der Waals surface area (Å²) in [5.74, 6) is -0.339. The van der Waals surface area contributed by atoms with E-state index in [2.05, 4.69) is 25.6 Å². The van der Waals surface area contributed by atoms with Gasteiger partial charge in [0.2, 0.25) is 11.9 Å². The van der Waals surface area contributed by atoms with Crippen molar-refractivity contribution >= 4 is 39.3 Å². The molecule has 1 saturated heterocycles. The first-order valence-electron chi connectivity index (χ1n) is 10.8. The summed E-state index contributed by atoms with van der Waals surface area (Å²) in [6.07, 6.45) is 3.16. The zero-order chi connectivity index (χ0) is 23.8. The quantitative estimate of drug-likeness (QED) is 0.569. The van der Waals surface area contributed by atoms with E-state index < -0.39 is 5.82 Å². The van der Waals surface area contributed by atoms with Gasteiger partial charge in [0.25, 0.3) is 5.91 Å². The number of aromatic nitrogens is 3. The topological polar surface area (TPSA) is 100 Å². The Hall–Kier alpha value is -3.14. The maximum absolute atomic E-state index is 13.5. The minimum atomic E-state index is -0.423. The molecule has 0 bridgehead atoms. The van der Waals surface area contributed by atoms with Crippen LogP contribution in [0.2, 0.25) is 0 Å². The highest BCUT2D eigenvalue weighted by molar-refractivity contribution is 7.17. The molecule has 0 saturated carbocycles. The van der Waals surface area contributed by atoms with Gasteiger partial charge in [0.1, 0.15) is 5.82 Å². The highest BCUT2D eigenvalue weighted by Gasteiger charge is 2.34. The van der Waals surface area contributed by atoms with E-state index in [0.29, 0.717) is 41.0 Å². The number of thiophene rings is 1. The van der Waals surface area contributed by atoms with Crippen molar-refractivity contribution in [3.8, 4) is 0 Å². The van der Waals surface area contributed by atoms with Crippen molar-refractivity contribution in [2.75, 3.05) is 18.4 Å². The van der Waals surface area contributed by atoms with Gasteiger partial charge in [-0.1, -0.05) is 20.8 Å². The molecule has 1 aliphatic heterocycles. The molecule has 4 rings (SSSR count). The van der Waals surface area contributed by atoms with E-state index in [1.807, 2.05) is 39.1 Å². The maximum Gasteiger partial charge on any atom is 0.274 e. The predicted octanol–water partition coefficient (Wildman–Crippen LogP) is 3.78. The number of fused-ring (bicyclic) bond motifs is 1. The summed E-state index contributed by atoms with van der Waals surface area (Å²) in [7, 11) is 0. The number of carbonyl (C=O) groups excluding carboxylic acids is 2. The molecule has 0 aromatic carbocycles. The Kier molecular flexibility index (Phi) is 6.29. The number of halogens is 1. The largest absolute Gasteiger partial charge is 0.350 e. The van der Waals surface area contributed by atoms with Crippen LogP contribution in [-0.2, 0) is 4.79 Å². The van der Waals surface area contributed by atoms with Gasteiger partial charge >= 0.3 is 0 Å². The zero-order valence-electron chi connectivity index (χ0n) is 19.1. The van der Waals surface area contributed by atoms with E-state index >= 15 is 0 Å². The maximum atomic E-state index is 13.5. The molecule has 0 spiro atoms. The van der Waals surface area contributed by atoms with Crippen LogP contribution in [0.3, 0.4) is 0 Å². The number of rotatable bonds is 6. The molecule has 3 aromatic heterocycles. The first kappa shape index (κ1) is 23.0. The molecule has 1 aliphatic rings. The molecule has 0 aliphatic carbocycles. The molecule has 174 valence electrons. The van der Waals surface area contributed by atoms with Crippen molar-refractivity contribution in [1.82, 2.24) is 25.2 Å². The van der Waals surface area contributed by atoms with Crippen LogP contribution in [0, 0.1) is 11.2 Å². The molecule has 0 radical (unpaired) electrons. The lowest BCUT2D eigenvalue weighted by atomic mass is 9.91. The summed E-state index contributed by atoms with van der Waals surface area (Å²) in [5, 5.41) is 8.00. The van der Waals surface area contributed by atoms with Gasteiger partial charge in [-0.25, -0.2) is 14.4 Å². The van der Waals surface area contributed by atoms with Gasteiger partial charge in [-0.15, -0.1) is 11.3 Å². The fourth-order valence-electron chi connectivity index (χ4n) is 3.66. The van der Waals surface area contributed by atoms with Crippen molar-refractivity contribution in [3.05, 3.63) is 47.0 Å². The molecule has 2 N–H and O–H groups in total. The minimum absolute atomic E-state index is 0.00500. The van der Waals surface area contributed by atoms with Crippen LogP contribution >= 0.6 is 11.3 Å². The third-order valence-corrected chi connectivity index (χ3v) is 6.21. The monoisotopic (exact) mass is 470 g/mol. The number of carbonyl (C=O) groups is 2. The van der Waals surface area contributed by atoms with Crippen molar-refractivity contribution < 1.29 is 14.0 Å². The lowest BCUT2D eigenvalue weighted by molar-refractivity contribution is -0.124. The third kappa shape index (κ3) is 5.44. The first-order valence-corrected chi connectivity index (χ1v) is 11.7. The molecule has 0 unspecified atom stereocenters. The normalized spacial score (nSPS) is 15.2. The standard InChI is InChI=1S/C23H27FN6O2S/c1-13(14-7-15(24)10-25-9-14)26-22-28-17-5-6-33-20(17)19(29-22)21(32)30-11-16(12-30)27-18(31)8-23(2,3)4/h5-7,9-10,13,16H,8,11-12H2,1-4H3,(H,27,31)(H,26,28,29)/t13-/m0/s1. The Balaban J connectivity index is 1.46. The molecule has 8 nitrogen and oxygen atoms in total. The predicted molar refractivity (Wildman–Crippen MR) is 126 cm³/mol. The average Bonchev–Trinajstić information content (AvgIpc) is 3.16. The van der Waals surface area contributed by atoms with E-state index in [1.54, 1.807) is 11.1 Å². The molecular weight excluding hydrogens is 443 g/mol. The zero-order valence-corrected chi connectivity index (χ0v) is 19.9. The van der Waals surface area contributed by atoms with Crippen molar-refractivity contribution in [2.24, 2.45) is 5.41 Å². The summed E-state index contributed by atoms with van der Waals surface area (Å²) in [5.41, 5.74) is 1.55. The Bertz CT molecular complexity index is 1190. The van der Waals surface area contributed by atoms with Crippen molar-refractivity contribution in [2.45, 2.75) is 46.2 Å². The number of pyridine rings is 1. The van der Waals surface area contributed by atoms with Gasteiger partial charge in [-0.2, -0.15) is 0 Å². The van der Waals surface area contributed by atoms with E-state index in [-0.39, 0.29) is 35.3 Å². The molecule has 4 heterocycles. The first-order chi connectivity index (χ1) is 15.6. The summed E-state index contributed by atoms with van der Waals surface area (Å²) >= 11 is 1.41. The molecule has 1 atom stereocenters. The van der Waals surface area contributed by atoms with E-state index in [0.717, 1.165) is 6.20 Å². The number of nitrogens with zero attached hydrogens (tertiary/aromatic N) is 4. The molecule has 3 aromatic rings. The van der Waals surface area contributed by atoms with E-state index in [4.69, 9.17) is 0 Å². The van der Waals surface area contributed by atoms with Gasteiger partial charge in [-0.05, 0) is 35.4 Å². The second-order valence-corrected chi connectivity index (χ2v) is 10.5. The van der Waals surface area contributed by atoms with Crippen LogP contribution in [0.15, 0.2) is 29.9 Å². The second kappa shape index (κ2) is 9.01. The van der Waals surface area contributed by atoms with Crippen LogP contribution < -0.4 is 10.6 Å². The molecule has 33 heavy (non-hydrogen) atoms. The number of likely N-dealkylation sites (tertiary alicyclic amines) is 1. The van der Waals surface area contributed by atoms with Crippen LogP contribution in [0.5, 0.6) is 0 Å². The van der Waals surface area contributed by atoms with Gasteiger partial charge in [0, 0.05) is 25.7 Å². The number of amides is 2. The van der Waals surface area contributed by atoms with Gasteiger partial charge in [0.15, 0.2) is 5.69 Å². The molecule has 2 amide bonds. The van der Waals surface area contributed by atoms with Gasteiger partial charge in [0.05, 0.1) is 28.5 Å². The number of hydrogen-bond acceptors (Lipinski definition) is 7. The van der Waals surface area contributed by atoms with Crippen LogP contribution in [0.25, 0.3) is 10.2 Å². The minimum Gasteiger partial charge on any atom is -0.350 e. The molecular formula is C23H27FN6O2S. The van der Waals surface area contributed by atoms with E-state index in [9.17, 15) is 14.0 Å². The summed E-state index contributed by atoms with van der Waals surface area (Å²) in [4.78, 5) is 39.9. The Morgan fingerprint density at radius 2 is 2.03 bits per heavy atom. The van der Waals surface area contributed by atoms with Crippen LogP contribution in [0.4, 0.5) is 10.3 Å². The van der Waals surface area contributed by atoms with Gasteiger partial charge < -0.3 is 15.5 Å². The average molecular weight is 471 g/mol. The Labute approximate surface area is 195 Å². The van der Waals surface area contributed by atoms with Crippen LogP contribution in [0.1, 0.15) is 56.2 Å². The highest BCUT2D eigenvalue weighted by atomic mass is 32.1. The number of nitrogens with one attached hydrogen (secondary N) is 2.